The van der Waals surface area contributed by atoms with Gasteiger partial charge in [-0.3, -0.25) is 4.79 Å². The first-order chi connectivity index (χ1) is 9.70. The van der Waals surface area contributed by atoms with E-state index in [1.54, 1.807) is 18.2 Å². The standard InChI is InChI=1S/C17H15NO2/c1-2-12-7-9-13(10-8-12)11-18-16(19)14-5-3-4-6-15(14)17(18)20/h2-10,16,19H,1,11H2. The first-order valence-corrected chi connectivity index (χ1v) is 6.50. The molecule has 100 valence electrons. The lowest BCUT2D eigenvalue weighted by Crippen LogP contribution is -2.27. The number of hydrogen-bond donors (Lipinski definition) is 1. The number of aliphatic hydroxyl groups excluding tert-OH is 1. The third-order valence-corrected chi connectivity index (χ3v) is 3.59. The predicted molar refractivity (Wildman–Crippen MR) is 77.8 cm³/mol. The van der Waals surface area contributed by atoms with Gasteiger partial charge in [-0.1, -0.05) is 55.1 Å². The lowest BCUT2D eigenvalue weighted by molar-refractivity contribution is 0.0137. The Kier molecular flexibility index (Phi) is 3.12. The van der Waals surface area contributed by atoms with Gasteiger partial charge < -0.3 is 10.0 Å². The minimum Gasteiger partial charge on any atom is -0.369 e. The van der Waals surface area contributed by atoms with Crippen molar-refractivity contribution in [2.24, 2.45) is 0 Å². The van der Waals surface area contributed by atoms with Crippen LogP contribution in [-0.2, 0) is 6.54 Å². The van der Waals surface area contributed by atoms with Crippen LogP contribution in [-0.4, -0.2) is 15.9 Å². The van der Waals surface area contributed by atoms with Crippen LogP contribution < -0.4 is 0 Å². The molecule has 1 heterocycles. The maximum atomic E-state index is 12.3. The van der Waals surface area contributed by atoms with Crippen molar-refractivity contribution >= 4 is 12.0 Å². The minimum atomic E-state index is -0.863. The molecule has 0 fully saturated rings. The van der Waals surface area contributed by atoms with Gasteiger partial charge in [-0.15, -0.1) is 0 Å². The van der Waals surface area contributed by atoms with Crippen LogP contribution in [0.1, 0.15) is 33.3 Å². The molecule has 1 amide bonds. The van der Waals surface area contributed by atoms with E-state index in [4.69, 9.17) is 0 Å². The number of rotatable bonds is 3. The maximum absolute atomic E-state index is 12.3. The normalized spacial score (nSPS) is 17.1. The van der Waals surface area contributed by atoms with E-state index in [2.05, 4.69) is 6.58 Å². The Labute approximate surface area is 117 Å². The molecule has 3 nitrogen and oxygen atoms in total. The topological polar surface area (TPSA) is 40.5 Å². The van der Waals surface area contributed by atoms with Gasteiger partial charge in [0, 0.05) is 17.7 Å². The van der Waals surface area contributed by atoms with Crippen molar-refractivity contribution in [1.82, 2.24) is 4.90 Å². The van der Waals surface area contributed by atoms with E-state index < -0.39 is 6.23 Å². The molecule has 3 rings (SSSR count). The van der Waals surface area contributed by atoms with Crippen molar-refractivity contribution in [3.8, 4) is 0 Å². The highest BCUT2D eigenvalue weighted by Crippen LogP contribution is 2.32. The SMILES string of the molecule is C=Cc1ccc(CN2C(=O)c3ccccc3C2O)cc1. The Bertz CT molecular complexity index is 661. The molecule has 2 aromatic rings. The lowest BCUT2D eigenvalue weighted by atomic mass is 10.1. The zero-order valence-electron chi connectivity index (χ0n) is 11.0. The van der Waals surface area contributed by atoms with Crippen LogP contribution in [0, 0.1) is 0 Å². The monoisotopic (exact) mass is 265 g/mol. The van der Waals surface area contributed by atoms with Crippen LogP contribution in [0.15, 0.2) is 55.1 Å². The van der Waals surface area contributed by atoms with E-state index in [1.165, 1.54) is 4.90 Å². The molecule has 0 spiro atoms. The van der Waals surface area contributed by atoms with E-state index in [1.807, 2.05) is 36.4 Å². The van der Waals surface area contributed by atoms with Crippen molar-refractivity contribution in [3.05, 3.63) is 77.4 Å². The Morgan fingerprint density at radius 2 is 1.85 bits per heavy atom. The molecule has 1 aliphatic rings. The third kappa shape index (κ3) is 2.02. The molecule has 3 heteroatoms. The van der Waals surface area contributed by atoms with E-state index in [9.17, 15) is 9.90 Å². The molecular weight excluding hydrogens is 250 g/mol. The van der Waals surface area contributed by atoms with Crippen molar-refractivity contribution in [2.45, 2.75) is 12.8 Å². The summed E-state index contributed by atoms with van der Waals surface area (Å²) >= 11 is 0. The summed E-state index contributed by atoms with van der Waals surface area (Å²) in [5.41, 5.74) is 3.28. The third-order valence-electron chi connectivity index (χ3n) is 3.59. The van der Waals surface area contributed by atoms with E-state index in [0.717, 1.165) is 11.1 Å². The van der Waals surface area contributed by atoms with Gasteiger partial charge >= 0.3 is 0 Å². The number of carbonyl (C=O) groups is 1. The van der Waals surface area contributed by atoms with Gasteiger partial charge in [-0.25, -0.2) is 0 Å². The summed E-state index contributed by atoms with van der Waals surface area (Å²) in [5.74, 6) is -0.124. The first-order valence-electron chi connectivity index (χ1n) is 6.50. The number of carbonyl (C=O) groups excluding carboxylic acids is 1. The van der Waals surface area contributed by atoms with E-state index in [0.29, 0.717) is 17.7 Å². The average molecular weight is 265 g/mol. The molecule has 1 atom stereocenters. The van der Waals surface area contributed by atoms with Gasteiger partial charge in [0.25, 0.3) is 5.91 Å². The largest absolute Gasteiger partial charge is 0.369 e. The molecule has 0 aromatic heterocycles. The smallest absolute Gasteiger partial charge is 0.256 e. The molecule has 0 saturated carbocycles. The summed E-state index contributed by atoms with van der Waals surface area (Å²) in [6.45, 7) is 4.11. The van der Waals surface area contributed by atoms with Gasteiger partial charge in [-0.05, 0) is 17.2 Å². The molecule has 2 aromatic carbocycles. The van der Waals surface area contributed by atoms with Crippen LogP contribution in [0.5, 0.6) is 0 Å². The molecule has 0 aliphatic carbocycles. The first kappa shape index (κ1) is 12.6. The number of nitrogens with zero attached hydrogens (tertiary/aromatic N) is 1. The molecule has 0 saturated heterocycles. The second-order valence-corrected chi connectivity index (χ2v) is 4.84. The highest BCUT2D eigenvalue weighted by Gasteiger charge is 2.34. The summed E-state index contributed by atoms with van der Waals surface area (Å²) in [6.07, 6.45) is 0.910. The fourth-order valence-corrected chi connectivity index (χ4v) is 2.46. The highest BCUT2D eigenvalue weighted by molar-refractivity contribution is 5.98. The Balaban J connectivity index is 1.85. The fraction of sp³-hybridized carbons (Fsp3) is 0.118. The fourth-order valence-electron chi connectivity index (χ4n) is 2.46. The van der Waals surface area contributed by atoms with Gasteiger partial charge in [0.1, 0.15) is 0 Å². The minimum absolute atomic E-state index is 0.124. The van der Waals surface area contributed by atoms with Crippen molar-refractivity contribution in [3.63, 3.8) is 0 Å². The van der Waals surface area contributed by atoms with E-state index in [-0.39, 0.29) is 5.91 Å². The molecule has 0 radical (unpaired) electrons. The predicted octanol–water partition coefficient (Wildman–Crippen LogP) is 2.98. The van der Waals surface area contributed by atoms with Gasteiger partial charge in [-0.2, -0.15) is 0 Å². The van der Waals surface area contributed by atoms with Crippen molar-refractivity contribution in [1.29, 1.82) is 0 Å². The zero-order chi connectivity index (χ0) is 14.1. The molecule has 0 bridgehead atoms. The van der Waals surface area contributed by atoms with Gasteiger partial charge in [0.2, 0.25) is 0 Å². The summed E-state index contributed by atoms with van der Waals surface area (Å²) < 4.78 is 0. The average Bonchev–Trinajstić information content (AvgIpc) is 2.74. The number of aliphatic hydroxyl groups is 1. The summed E-state index contributed by atoms with van der Waals surface area (Å²) in [4.78, 5) is 13.8. The second kappa shape index (κ2) is 4.94. The van der Waals surface area contributed by atoms with Crippen LogP contribution in [0.3, 0.4) is 0 Å². The van der Waals surface area contributed by atoms with Crippen molar-refractivity contribution < 1.29 is 9.90 Å². The summed E-state index contributed by atoms with van der Waals surface area (Å²) in [5, 5.41) is 10.3. The van der Waals surface area contributed by atoms with Crippen LogP contribution in [0.2, 0.25) is 0 Å². The summed E-state index contributed by atoms with van der Waals surface area (Å²) in [6, 6.07) is 15.0. The molecule has 1 unspecified atom stereocenters. The summed E-state index contributed by atoms with van der Waals surface area (Å²) in [7, 11) is 0. The number of amides is 1. The van der Waals surface area contributed by atoms with Crippen LogP contribution in [0.25, 0.3) is 6.08 Å². The maximum Gasteiger partial charge on any atom is 0.256 e. The molecule has 1 aliphatic heterocycles. The Hall–Kier alpha value is -2.39. The lowest BCUT2D eigenvalue weighted by Gasteiger charge is -2.21. The van der Waals surface area contributed by atoms with Crippen LogP contribution >= 0.6 is 0 Å². The second-order valence-electron chi connectivity index (χ2n) is 4.84. The van der Waals surface area contributed by atoms with Crippen LogP contribution in [0.4, 0.5) is 0 Å². The van der Waals surface area contributed by atoms with Gasteiger partial charge in [0.15, 0.2) is 6.23 Å². The Morgan fingerprint density at radius 3 is 2.50 bits per heavy atom. The zero-order valence-corrected chi connectivity index (χ0v) is 11.0. The molecular formula is C17H15NO2. The number of hydrogen-bond acceptors (Lipinski definition) is 2. The highest BCUT2D eigenvalue weighted by atomic mass is 16.3. The Morgan fingerprint density at radius 1 is 1.15 bits per heavy atom. The number of fused-ring (bicyclic) bond motifs is 1. The molecule has 1 N–H and O–H groups in total. The quantitative estimate of drug-likeness (QED) is 0.926. The van der Waals surface area contributed by atoms with Gasteiger partial charge in [0.05, 0.1) is 0 Å². The van der Waals surface area contributed by atoms with Crippen molar-refractivity contribution in [2.75, 3.05) is 0 Å². The molecule has 20 heavy (non-hydrogen) atoms. The van der Waals surface area contributed by atoms with E-state index >= 15 is 0 Å². The number of benzene rings is 2.